The van der Waals surface area contributed by atoms with Gasteiger partial charge in [0.2, 0.25) is 5.91 Å². The van der Waals surface area contributed by atoms with E-state index in [0.29, 0.717) is 11.5 Å². The van der Waals surface area contributed by atoms with Gasteiger partial charge in [-0.15, -0.1) is 0 Å². The minimum Gasteiger partial charge on any atom is -0.352 e. The van der Waals surface area contributed by atoms with Crippen molar-refractivity contribution in [1.29, 1.82) is 0 Å². The van der Waals surface area contributed by atoms with Gasteiger partial charge in [-0.05, 0) is 24.3 Å². The van der Waals surface area contributed by atoms with Crippen LogP contribution in [0.2, 0.25) is 0 Å². The van der Waals surface area contributed by atoms with Crippen molar-refractivity contribution in [1.82, 2.24) is 4.98 Å². The summed E-state index contributed by atoms with van der Waals surface area (Å²) >= 11 is 0. The van der Waals surface area contributed by atoms with Gasteiger partial charge in [0.1, 0.15) is 17.5 Å². The molecule has 6 heteroatoms. The third kappa shape index (κ3) is 3.48. The first kappa shape index (κ1) is 12.9. The van der Waals surface area contributed by atoms with Gasteiger partial charge in [0, 0.05) is 13.0 Å². The molecule has 98 valence electrons. The number of carbonyl (C=O) groups excluding carboxylic acids is 1. The van der Waals surface area contributed by atoms with Crippen LogP contribution in [0.25, 0.3) is 0 Å². The second kappa shape index (κ2) is 5.43. The molecular weight excluding hydrogens is 252 g/mol. The zero-order chi connectivity index (χ0) is 13.8. The molecule has 0 saturated heterocycles. The summed E-state index contributed by atoms with van der Waals surface area (Å²) in [7, 11) is 0. The average Bonchev–Trinajstić information content (AvgIpc) is 2.34. The lowest BCUT2D eigenvalue weighted by molar-refractivity contribution is -0.114. The van der Waals surface area contributed by atoms with E-state index in [2.05, 4.69) is 15.6 Å². The zero-order valence-corrected chi connectivity index (χ0v) is 10.1. The second-order valence-corrected chi connectivity index (χ2v) is 3.86. The molecule has 0 fully saturated rings. The van der Waals surface area contributed by atoms with Gasteiger partial charge in [0.05, 0.1) is 17.6 Å². The number of carbonyl (C=O) groups is 1. The molecule has 2 N–H and O–H groups in total. The third-order valence-electron chi connectivity index (χ3n) is 2.28. The highest BCUT2D eigenvalue weighted by Crippen LogP contribution is 2.20. The largest absolute Gasteiger partial charge is 0.352 e. The fourth-order valence-corrected chi connectivity index (χ4v) is 1.47. The Hall–Kier alpha value is -2.50. The van der Waals surface area contributed by atoms with Crippen molar-refractivity contribution >= 4 is 23.1 Å². The van der Waals surface area contributed by atoms with Crippen LogP contribution in [0.4, 0.5) is 26.0 Å². The zero-order valence-electron chi connectivity index (χ0n) is 10.1. The molecule has 0 aliphatic heterocycles. The number of rotatable bonds is 3. The lowest BCUT2D eigenvalue weighted by Crippen LogP contribution is -2.07. The number of amides is 1. The van der Waals surface area contributed by atoms with Gasteiger partial charge in [0.15, 0.2) is 0 Å². The summed E-state index contributed by atoms with van der Waals surface area (Å²) in [6.45, 7) is 1.38. The number of anilines is 3. The molecular formula is C13H11F2N3O. The first-order valence-corrected chi connectivity index (χ1v) is 5.50. The SMILES string of the molecule is CC(=O)Nc1ccc(Nc2ccc(F)cc2F)cn1. The molecule has 0 saturated carbocycles. The van der Waals surface area contributed by atoms with Crippen LogP contribution < -0.4 is 10.6 Å². The van der Waals surface area contributed by atoms with E-state index in [1.54, 1.807) is 12.1 Å². The lowest BCUT2D eigenvalue weighted by Gasteiger charge is -2.08. The standard InChI is InChI=1S/C13H11F2N3O/c1-8(19)17-13-5-3-10(7-16-13)18-12-4-2-9(14)6-11(12)15/h2-7,18H,1H3,(H,16,17,19). The molecule has 0 radical (unpaired) electrons. The van der Waals surface area contributed by atoms with Crippen LogP contribution in [0.15, 0.2) is 36.5 Å². The Kier molecular flexibility index (Phi) is 3.70. The molecule has 0 aliphatic rings. The van der Waals surface area contributed by atoms with Crippen LogP contribution in [0.3, 0.4) is 0 Å². The molecule has 1 amide bonds. The van der Waals surface area contributed by atoms with E-state index in [-0.39, 0.29) is 11.6 Å². The van der Waals surface area contributed by atoms with Gasteiger partial charge in [-0.1, -0.05) is 0 Å². The minimum absolute atomic E-state index is 0.149. The summed E-state index contributed by atoms with van der Waals surface area (Å²) in [5, 5.41) is 5.28. The Morgan fingerprint density at radius 2 is 2.00 bits per heavy atom. The van der Waals surface area contributed by atoms with Crippen LogP contribution in [0, 0.1) is 11.6 Å². The van der Waals surface area contributed by atoms with Crippen molar-refractivity contribution in [2.75, 3.05) is 10.6 Å². The van der Waals surface area contributed by atoms with E-state index in [4.69, 9.17) is 0 Å². The highest BCUT2D eigenvalue weighted by atomic mass is 19.1. The number of halogens is 2. The van der Waals surface area contributed by atoms with Crippen molar-refractivity contribution in [2.45, 2.75) is 6.92 Å². The van der Waals surface area contributed by atoms with Crippen molar-refractivity contribution in [3.05, 3.63) is 48.2 Å². The topological polar surface area (TPSA) is 54.0 Å². The van der Waals surface area contributed by atoms with Crippen LogP contribution in [-0.2, 0) is 4.79 Å². The van der Waals surface area contributed by atoms with Gasteiger partial charge < -0.3 is 10.6 Å². The Morgan fingerprint density at radius 3 is 2.58 bits per heavy atom. The highest BCUT2D eigenvalue weighted by molar-refractivity contribution is 5.87. The molecule has 1 aromatic carbocycles. The van der Waals surface area contributed by atoms with Crippen LogP contribution in [0.1, 0.15) is 6.92 Å². The van der Waals surface area contributed by atoms with Crippen LogP contribution >= 0.6 is 0 Å². The number of pyridine rings is 1. The van der Waals surface area contributed by atoms with Crippen molar-refractivity contribution in [3.63, 3.8) is 0 Å². The number of hydrogen-bond donors (Lipinski definition) is 2. The summed E-state index contributed by atoms with van der Waals surface area (Å²) < 4.78 is 26.1. The number of benzene rings is 1. The number of nitrogens with zero attached hydrogens (tertiary/aromatic N) is 1. The predicted molar refractivity (Wildman–Crippen MR) is 68.2 cm³/mol. The minimum atomic E-state index is -0.689. The van der Waals surface area contributed by atoms with E-state index in [0.717, 1.165) is 12.1 Å². The first-order valence-electron chi connectivity index (χ1n) is 5.50. The number of hydrogen-bond acceptors (Lipinski definition) is 3. The normalized spacial score (nSPS) is 10.1. The van der Waals surface area contributed by atoms with Gasteiger partial charge in [-0.25, -0.2) is 13.8 Å². The molecule has 4 nitrogen and oxygen atoms in total. The summed E-state index contributed by atoms with van der Waals surface area (Å²) in [5.74, 6) is -1.15. The summed E-state index contributed by atoms with van der Waals surface area (Å²) in [5.41, 5.74) is 0.676. The van der Waals surface area contributed by atoms with E-state index < -0.39 is 11.6 Å². The maximum atomic E-state index is 13.4. The maximum absolute atomic E-state index is 13.4. The molecule has 2 aromatic rings. The maximum Gasteiger partial charge on any atom is 0.222 e. The lowest BCUT2D eigenvalue weighted by atomic mass is 10.3. The summed E-state index contributed by atoms with van der Waals surface area (Å²) in [6.07, 6.45) is 1.44. The third-order valence-corrected chi connectivity index (χ3v) is 2.28. The molecule has 0 bridgehead atoms. The molecule has 0 aliphatic carbocycles. The van der Waals surface area contributed by atoms with Crippen molar-refractivity contribution in [2.24, 2.45) is 0 Å². The highest BCUT2D eigenvalue weighted by Gasteiger charge is 2.04. The molecule has 2 rings (SSSR count). The fraction of sp³-hybridized carbons (Fsp3) is 0.0769. The Bertz CT molecular complexity index is 599. The summed E-state index contributed by atoms with van der Waals surface area (Å²) in [6, 6.07) is 6.45. The van der Waals surface area contributed by atoms with Crippen molar-refractivity contribution < 1.29 is 13.6 Å². The van der Waals surface area contributed by atoms with E-state index >= 15 is 0 Å². The second-order valence-electron chi connectivity index (χ2n) is 3.86. The monoisotopic (exact) mass is 263 g/mol. The fourth-order valence-electron chi connectivity index (χ4n) is 1.47. The van der Waals surface area contributed by atoms with E-state index in [1.807, 2.05) is 0 Å². The number of nitrogens with one attached hydrogen (secondary N) is 2. The van der Waals surface area contributed by atoms with Crippen LogP contribution in [0.5, 0.6) is 0 Å². The number of aromatic nitrogens is 1. The van der Waals surface area contributed by atoms with E-state index in [9.17, 15) is 13.6 Å². The molecule has 0 unspecified atom stereocenters. The first-order chi connectivity index (χ1) is 9.04. The van der Waals surface area contributed by atoms with Gasteiger partial charge in [-0.2, -0.15) is 0 Å². The smallest absolute Gasteiger partial charge is 0.222 e. The quantitative estimate of drug-likeness (QED) is 0.894. The molecule has 0 spiro atoms. The molecule has 0 atom stereocenters. The molecule has 19 heavy (non-hydrogen) atoms. The van der Waals surface area contributed by atoms with Gasteiger partial charge in [-0.3, -0.25) is 4.79 Å². The van der Waals surface area contributed by atoms with Crippen molar-refractivity contribution in [3.8, 4) is 0 Å². The molecule has 1 heterocycles. The van der Waals surface area contributed by atoms with Crippen LogP contribution in [-0.4, -0.2) is 10.9 Å². The van der Waals surface area contributed by atoms with Gasteiger partial charge >= 0.3 is 0 Å². The summed E-state index contributed by atoms with van der Waals surface area (Å²) in [4.78, 5) is 14.8. The average molecular weight is 263 g/mol. The Balaban J connectivity index is 2.13. The Morgan fingerprint density at radius 1 is 1.21 bits per heavy atom. The predicted octanol–water partition coefficient (Wildman–Crippen LogP) is 3.06. The molecule has 1 aromatic heterocycles. The van der Waals surface area contributed by atoms with E-state index in [1.165, 1.54) is 19.2 Å². The van der Waals surface area contributed by atoms with Gasteiger partial charge in [0.25, 0.3) is 0 Å². The Labute approximate surface area is 108 Å².